The normalized spacial score (nSPS) is 10.6. The number of amides is 1. The third-order valence-corrected chi connectivity index (χ3v) is 4.38. The van der Waals surface area contributed by atoms with Crippen molar-refractivity contribution in [2.75, 3.05) is 12.4 Å². The number of aliphatic hydroxyl groups is 1. The lowest BCUT2D eigenvalue weighted by atomic mass is 10.1. The predicted octanol–water partition coefficient (Wildman–Crippen LogP) is 4.66. The molecule has 5 nitrogen and oxygen atoms in total. The molecule has 2 N–H and O–H groups in total. The number of furan rings is 1. The Kier molecular flexibility index (Phi) is 5.30. The van der Waals surface area contributed by atoms with Gasteiger partial charge in [-0.15, -0.1) is 0 Å². The van der Waals surface area contributed by atoms with Crippen LogP contribution in [-0.2, 0) is 6.61 Å². The maximum absolute atomic E-state index is 12.4. The molecule has 0 aliphatic rings. The van der Waals surface area contributed by atoms with E-state index in [9.17, 15) is 4.79 Å². The Morgan fingerprint density at radius 3 is 2.65 bits per heavy atom. The molecule has 0 fully saturated rings. The van der Waals surface area contributed by atoms with Gasteiger partial charge in [-0.2, -0.15) is 0 Å². The first-order chi connectivity index (χ1) is 12.5. The molecule has 0 aliphatic carbocycles. The Bertz CT molecular complexity index is 949. The smallest absolute Gasteiger partial charge is 0.255 e. The summed E-state index contributed by atoms with van der Waals surface area (Å²) in [6.45, 7) is 1.71. The molecule has 0 atom stereocenters. The van der Waals surface area contributed by atoms with Crippen molar-refractivity contribution < 1.29 is 19.1 Å². The van der Waals surface area contributed by atoms with Gasteiger partial charge in [-0.25, -0.2) is 0 Å². The zero-order chi connectivity index (χ0) is 18.7. The third kappa shape index (κ3) is 3.74. The number of hydrogen-bond acceptors (Lipinski definition) is 4. The first kappa shape index (κ1) is 18.0. The lowest BCUT2D eigenvalue weighted by molar-refractivity contribution is 0.102. The topological polar surface area (TPSA) is 71.7 Å². The highest BCUT2D eigenvalue weighted by Crippen LogP contribution is 2.33. The molecule has 0 saturated heterocycles. The van der Waals surface area contributed by atoms with Crippen molar-refractivity contribution in [3.05, 3.63) is 70.4 Å². The maximum Gasteiger partial charge on any atom is 0.255 e. The van der Waals surface area contributed by atoms with Gasteiger partial charge in [0.05, 0.1) is 12.7 Å². The van der Waals surface area contributed by atoms with Crippen LogP contribution in [0, 0.1) is 6.92 Å². The van der Waals surface area contributed by atoms with Crippen LogP contribution in [0.4, 0.5) is 5.69 Å². The number of anilines is 1. The predicted molar refractivity (Wildman–Crippen MR) is 101 cm³/mol. The first-order valence-electron chi connectivity index (χ1n) is 7.97. The SMILES string of the molecule is COc1cc(NC(=O)c2ccc(C)c(Cl)c2)ccc1-c1ccc(CO)o1. The Balaban J connectivity index is 1.84. The van der Waals surface area contributed by atoms with Crippen molar-refractivity contribution in [2.45, 2.75) is 13.5 Å². The van der Waals surface area contributed by atoms with Crippen molar-refractivity contribution >= 4 is 23.2 Å². The van der Waals surface area contributed by atoms with Crippen molar-refractivity contribution in [3.8, 4) is 17.1 Å². The third-order valence-electron chi connectivity index (χ3n) is 3.98. The van der Waals surface area contributed by atoms with Crippen LogP contribution in [0.5, 0.6) is 5.75 Å². The molecule has 0 aliphatic heterocycles. The molecule has 1 amide bonds. The van der Waals surface area contributed by atoms with Gasteiger partial charge in [-0.3, -0.25) is 4.79 Å². The standard InChI is InChI=1S/C20H18ClNO4/c1-12-3-4-13(9-17(12)21)20(24)22-14-5-7-16(19(10-14)25-2)18-8-6-15(11-23)26-18/h3-10,23H,11H2,1-2H3,(H,22,24). The number of benzene rings is 2. The van der Waals surface area contributed by atoms with Crippen molar-refractivity contribution in [1.82, 2.24) is 0 Å². The number of aryl methyl sites for hydroxylation is 1. The number of nitrogens with one attached hydrogen (secondary N) is 1. The second kappa shape index (κ2) is 7.64. The molecule has 6 heteroatoms. The van der Waals surface area contributed by atoms with Crippen molar-refractivity contribution in [3.63, 3.8) is 0 Å². The van der Waals surface area contributed by atoms with E-state index in [1.165, 1.54) is 0 Å². The van der Waals surface area contributed by atoms with Crippen LogP contribution in [0.2, 0.25) is 5.02 Å². The van der Waals surface area contributed by atoms with Gasteiger partial charge >= 0.3 is 0 Å². The zero-order valence-corrected chi connectivity index (χ0v) is 15.1. The molecule has 1 heterocycles. The van der Waals surface area contributed by atoms with Crippen LogP contribution >= 0.6 is 11.6 Å². The van der Waals surface area contributed by atoms with Crippen molar-refractivity contribution in [1.29, 1.82) is 0 Å². The highest BCUT2D eigenvalue weighted by molar-refractivity contribution is 6.31. The average Bonchev–Trinajstić information content (AvgIpc) is 3.12. The number of carbonyl (C=O) groups is 1. The van der Waals surface area contributed by atoms with Crippen LogP contribution in [0.3, 0.4) is 0 Å². The lowest BCUT2D eigenvalue weighted by Gasteiger charge is -2.11. The molecule has 26 heavy (non-hydrogen) atoms. The minimum absolute atomic E-state index is 0.171. The van der Waals surface area contributed by atoms with E-state index >= 15 is 0 Å². The highest BCUT2D eigenvalue weighted by atomic mass is 35.5. The molecule has 2 aromatic carbocycles. The van der Waals surface area contributed by atoms with E-state index in [4.69, 9.17) is 25.9 Å². The zero-order valence-electron chi connectivity index (χ0n) is 14.4. The van der Waals surface area contributed by atoms with Crippen LogP contribution < -0.4 is 10.1 Å². The fourth-order valence-corrected chi connectivity index (χ4v) is 2.70. The summed E-state index contributed by atoms with van der Waals surface area (Å²) >= 11 is 6.08. The van der Waals surface area contributed by atoms with Crippen LogP contribution in [0.25, 0.3) is 11.3 Å². The van der Waals surface area contributed by atoms with E-state index in [1.807, 2.05) is 6.92 Å². The first-order valence-corrected chi connectivity index (χ1v) is 8.35. The number of methoxy groups -OCH3 is 1. The van der Waals surface area contributed by atoms with E-state index in [-0.39, 0.29) is 12.5 Å². The maximum atomic E-state index is 12.4. The average molecular weight is 372 g/mol. The summed E-state index contributed by atoms with van der Waals surface area (Å²) in [6.07, 6.45) is 0. The van der Waals surface area contributed by atoms with Gasteiger partial charge in [0.25, 0.3) is 5.91 Å². The molecule has 0 radical (unpaired) electrons. The molecule has 0 saturated carbocycles. The number of carbonyl (C=O) groups excluding carboxylic acids is 1. The Hall–Kier alpha value is -2.76. The Morgan fingerprint density at radius 1 is 1.19 bits per heavy atom. The van der Waals surface area contributed by atoms with E-state index in [0.717, 1.165) is 11.1 Å². The summed E-state index contributed by atoms with van der Waals surface area (Å²) in [7, 11) is 1.54. The summed E-state index contributed by atoms with van der Waals surface area (Å²) in [4.78, 5) is 12.4. The molecule has 3 aromatic rings. The van der Waals surface area contributed by atoms with Gasteiger partial charge in [-0.05, 0) is 48.9 Å². The lowest BCUT2D eigenvalue weighted by Crippen LogP contribution is -2.12. The van der Waals surface area contributed by atoms with E-state index < -0.39 is 0 Å². The summed E-state index contributed by atoms with van der Waals surface area (Å²) in [5.74, 6) is 1.33. The Labute approximate surface area is 156 Å². The highest BCUT2D eigenvalue weighted by Gasteiger charge is 2.13. The molecule has 1 aromatic heterocycles. The molecular formula is C20H18ClNO4. The van der Waals surface area contributed by atoms with Gasteiger partial charge in [0.15, 0.2) is 0 Å². The summed E-state index contributed by atoms with van der Waals surface area (Å²) < 4.78 is 11.0. The number of aliphatic hydroxyl groups excluding tert-OH is 1. The minimum atomic E-state index is -0.262. The molecular weight excluding hydrogens is 354 g/mol. The number of halogens is 1. The Morgan fingerprint density at radius 2 is 2.00 bits per heavy atom. The van der Waals surface area contributed by atoms with E-state index in [0.29, 0.717) is 33.5 Å². The second-order valence-corrected chi connectivity index (χ2v) is 6.16. The van der Waals surface area contributed by atoms with Crippen molar-refractivity contribution in [2.24, 2.45) is 0 Å². The fraction of sp³-hybridized carbons (Fsp3) is 0.150. The molecule has 0 spiro atoms. The summed E-state index contributed by atoms with van der Waals surface area (Å²) in [6, 6.07) is 13.9. The van der Waals surface area contributed by atoms with Gasteiger partial charge in [-0.1, -0.05) is 17.7 Å². The van der Waals surface area contributed by atoms with E-state index in [1.54, 1.807) is 55.6 Å². The van der Waals surface area contributed by atoms with Gasteiger partial charge in [0.1, 0.15) is 23.9 Å². The van der Waals surface area contributed by atoms with Gasteiger partial charge < -0.3 is 19.6 Å². The second-order valence-electron chi connectivity index (χ2n) is 5.76. The monoisotopic (exact) mass is 371 g/mol. The fourth-order valence-electron chi connectivity index (χ4n) is 2.52. The van der Waals surface area contributed by atoms with E-state index in [2.05, 4.69) is 5.32 Å². The molecule has 0 bridgehead atoms. The summed E-state index contributed by atoms with van der Waals surface area (Å²) in [5.41, 5.74) is 2.70. The van der Waals surface area contributed by atoms with Crippen LogP contribution in [-0.4, -0.2) is 18.1 Å². The molecule has 3 rings (SSSR count). The number of hydrogen-bond donors (Lipinski definition) is 2. The van der Waals surface area contributed by atoms with Crippen LogP contribution in [0.1, 0.15) is 21.7 Å². The van der Waals surface area contributed by atoms with Gasteiger partial charge in [0, 0.05) is 22.3 Å². The quantitative estimate of drug-likeness (QED) is 0.684. The summed E-state index contributed by atoms with van der Waals surface area (Å²) in [5, 5.41) is 12.5. The largest absolute Gasteiger partial charge is 0.496 e. The molecule has 0 unspecified atom stereocenters. The van der Waals surface area contributed by atoms with Crippen LogP contribution in [0.15, 0.2) is 52.9 Å². The molecule has 134 valence electrons. The van der Waals surface area contributed by atoms with Gasteiger partial charge in [0.2, 0.25) is 0 Å². The number of rotatable bonds is 5. The number of ether oxygens (including phenoxy) is 1. The minimum Gasteiger partial charge on any atom is -0.496 e.